The normalized spacial score (nSPS) is 31.3. The van der Waals surface area contributed by atoms with Crippen LogP contribution in [0.25, 0.3) is 0 Å². The van der Waals surface area contributed by atoms with Gasteiger partial charge < -0.3 is 9.53 Å². The lowest BCUT2D eigenvalue weighted by atomic mass is 9.70. The van der Waals surface area contributed by atoms with Gasteiger partial charge in [-0.25, -0.2) is 0 Å². The minimum Gasteiger partial charge on any atom is -0.413 e. The highest BCUT2D eigenvalue weighted by Crippen LogP contribution is 2.55. The Morgan fingerprint density at radius 1 is 1.33 bits per heavy atom. The highest BCUT2D eigenvalue weighted by molar-refractivity contribution is 6.74. The van der Waals surface area contributed by atoms with E-state index >= 15 is 0 Å². The van der Waals surface area contributed by atoms with Crippen molar-refractivity contribution in [3.63, 3.8) is 0 Å². The van der Waals surface area contributed by atoms with Crippen LogP contribution in [0.5, 0.6) is 0 Å². The Bertz CT molecular complexity index is 500. The van der Waals surface area contributed by atoms with Gasteiger partial charge in [-0.1, -0.05) is 39.3 Å². The number of hydrogen-bond donors (Lipinski definition) is 1. The van der Waals surface area contributed by atoms with Crippen molar-refractivity contribution >= 4 is 8.32 Å². The van der Waals surface area contributed by atoms with Crippen LogP contribution in [0.4, 0.5) is 0 Å². The van der Waals surface area contributed by atoms with E-state index in [1.54, 1.807) is 0 Å². The summed E-state index contributed by atoms with van der Waals surface area (Å²) in [6.07, 6.45) is 9.41. The molecule has 1 N–H and O–H groups in total. The molecule has 2 nitrogen and oxygen atoms in total. The Labute approximate surface area is 150 Å². The molecular weight excluding hydrogens is 312 g/mol. The van der Waals surface area contributed by atoms with E-state index < -0.39 is 8.32 Å². The Morgan fingerprint density at radius 2 is 2.00 bits per heavy atom. The van der Waals surface area contributed by atoms with E-state index in [2.05, 4.69) is 47.4 Å². The van der Waals surface area contributed by atoms with Crippen LogP contribution in [0.15, 0.2) is 23.8 Å². The quantitative estimate of drug-likeness (QED) is 0.362. The molecule has 0 bridgehead atoms. The number of aliphatic hydroxyl groups excluding tert-OH is 1. The summed E-state index contributed by atoms with van der Waals surface area (Å²) in [5.74, 6) is 0. The first kappa shape index (κ1) is 19.9. The Hall–Kier alpha value is -0.383. The molecule has 0 aromatic rings. The first-order chi connectivity index (χ1) is 11.0. The van der Waals surface area contributed by atoms with Gasteiger partial charge in [0.1, 0.15) is 0 Å². The van der Waals surface area contributed by atoms with Crippen molar-refractivity contribution in [2.75, 3.05) is 0 Å². The molecule has 3 heteroatoms. The third-order valence-corrected chi connectivity index (χ3v) is 11.4. The minimum atomic E-state index is -1.76. The molecule has 0 unspecified atom stereocenters. The number of fused-ring (bicyclic) bond motifs is 1. The van der Waals surface area contributed by atoms with Crippen molar-refractivity contribution in [3.05, 3.63) is 23.8 Å². The van der Waals surface area contributed by atoms with Crippen molar-refractivity contribution < 1.29 is 9.53 Å². The Morgan fingerprint density at radius 3 is 2.58 bits per heavy atom. The van der Waals surface area contributed by atoms with Crippen molar-refractivity contribution in [2.45, 2.75) is 103 Å². The summed E-state index contributed by atoms with van der Waals surface area (Å²) in [6.45, 7) is 17.9. The zero-order chi connectivity index (χ0) is 18.2. The van der Waals surface area contributed by atoms with E-state index in [1.807, 2.05) is 6.08 Å². The molecule has 0 aromatic heterocycles. The third-order valence-electron chi connectivity index (χ3n) is 6.88. The smallest absolute Gasteiger partial charge is 0.192 e. The standard InChI is InChI=1S/C21H38O2Si/c1-8-9-10-11-16-17-12-13-19(21(17,5)15-14-18(16)22)23-24(6,7)20(2,3)4/h8,18-19,22H,1,9-15H2,2-7H3/t18-,19-,21-/m0/s1. The molecule has 1 fully saturated rings. The fraction of sp³-hybridized carbons (Fsp3) is 0.810. The van der Waals surface area contributed by atoms with Crippen molar-refractivity contribution in [1.29, 1.82) is 0 Å². The lowest BCUT2D eigenvalue weighted by Gasteiger charge is -2.45. The van der Waals surface area contributed by atoms with E-state index in [1.165, 1.54) is 11.1 Å². The molecule has 0 amide bonds. The van der Waals surface area contributed by atoms with Gasteiger partial charge in [-0.3, -0.25) is 0 Å². The van der Waals surface area contributed by atoms with Gasteiger partial charge in [-0.2, -0.15) is 0 Å². The van der Waals surface area contributed by atoms with Gasteiger partial charge in [0.05, 0.1) is 12.2 Å². The van der Waals surface area contributed by atoms with Crippen LogP contribution >= 0.6 is 0 Å². The molecule has 138 valence electrons. The van der Waals surface area contributed by atoms with Crippen molar-refractivity contribution in [3.8, 4) is 0 Å². The van der Waals surface area contributed by atoms with Gasteiger partial charge >= 0.3 is 0 Å². The van der Waals surface area contributed by atoms with Gasteiger partial charge in [-0.05, 0) is 68.7 Å². The maximum absolute atomic E-state index is 10.6. The molecule has 24 heavy (non-hydrogen) atoms. The van der Waals surface area contributed by atoms with E-state index in [0.29, 0.717) is 6.10 Å². The van der Waals surface area contributed by atoms with Gasteiger partial charge in [0.2, 0.25) is 0 Å². The number of unbranched alkanes of at least 4 members (excludes halogenated alkanes) is 1. The van der Waals surface area contributed by atoms with Crippen LogP contribution in [-0.2, 0) is 4.43 Å². The second-order valence-electron chi connectivity index (χ2n) is 9.56. The van der Waals surface area contributed by atoms with Crippen LogP contribution in [0, 0.1) is 5.41 Å². The molecule has 0 aromatic carbocycles. The number of hydrogen-bond acceptors (Lipinski definition) is 2. The third kappa shape index (κ3) is 3.73. The zero-order valence-electron chi connectivity index (χ0n) is 16.7. The minimum absolute atomic E-state index is 0.137. The molecule has 3 atom stereocenters. The molecule has 0 heterocycles. The number of allylic oxidation sites excluding steroid dienone is 1. The molecule has 0 saturated heterocycles. The maximum Gasteiger partial charge on any atom is 0.192 e. The molecule has 0 radical (unpaired) electrons. The summed E-state index contributed by atoms with van der Waals surface area (Å²) in [7, 11) is -1.76. The van der Waals surface area contributed by atoms with Gasteiger partial charge in [0, 0.05) is 5.41 Å². The molecule has 2 aliphatic rings. The van der Waals surface area contributed by atoms with E-state index in [-0.39, 0.29) is 16.6 Å². The van der Waals surface area contributed by atoms with Gasteiger partial charge in [0.15, 0.2) is 8.32 Å². The Kier molecular flexibility index (Phi) is 5.89. The first-order valence-electron chi connectivity index (χ1n) is 9.72. The highest BCUT2D eigenvalue weighted by Gasteiger charge is 2.51. The number of aliphatic hydroxyl groups is 1. The van der Waals surface area contributed by atoms with Crippen LogP contribution in [0.3, 0.4) is 0 Å². The predicted molar refractivity (Wildman–Crippen MR) is 106 cm³/mol. The van der Waals surface area contributed by atoms with Crippen molar-refractivity contribution in [2.24, 2.45) is 5.41 Å². The predicted octanol–water partition coefficient (Wildman–Crippen LogP) is 5.98. The van der Waals surface area contributed by atoms with Crippen molar-refractivity contribution in [1.82, 2.24) is 0 Å². The van der Waals surface area contributed by atoms with Crippen LogP contribution < -0.4 is 0 Å². The second-order valence-corrected chi connectivity index (χ2v) is 14.3. The summed E-state index contributed by atoms with van der Waals surface area (Å²) in [5, 5.41) is 10.8. The fourth-order valence-electron chi connectivity index (χ4n) is 4.20. The van der Waals surface area contributed by atoms with E-state index in [4.69, 9.17) is 4.43 Å². The van der Waals surface area contributed by atoms with E-state index in [9.17, 15) is 5.11 Å². The van der Waals surface area contributed by atoms with Crippen LogP contribution in [0.2, 0.25) is 18.1 Å². The molecule has 1 saturated carbocycles. The Balaban J connectivity index is 2.24. The number of rotatable bonds is 6. The van der Waals surface area contributed by atoms with Crippen LogP contribution in [0.1, 0.15) is 72.6 Å². The van der Waals surface area contributed by atoms with Gasteiger partial charge in [0.25, 0.3) is 0 Å². The molecule has 0 aliphatic heterocycles. The largest absolute Gasteiger partial charge is 0.413 e. The topological polar surface area (TPSA) is 29.5 Å². The van der Waals surface area contributed by atoms with E-state index in [0.717, 1.165) is 44.9 Å². The average molecular weight is 351 g/mol. The van der Waals surface area contributed by atoms with Gasteiger partial charge in [-0.15, -0.1) is 6.58 Å². The monoisotopic (exact) mass is 350 g/mol. The maximum atomic E-state index is 10.6. The summed E-state index contributed by atoms with van der Waals surface area (Å²) in [4.78, 5) is 0. The lowest BCUT2D eigenvalue weighted by molar-refractivity contribution is 0.0629. The fourth-order valence-corrected chi connectivity index (χ4v) is 5.64. The average Bonchev–Trinajstić information content (AvgIpc) is 2.78. The SMILES string of the molecule is C=CCCCC1=C2CC[C@H](O[Si](C)(C)C(C)(C)C)[C@@]2(C)CC[C@@H]1O. The zero-order valence-corrected chi connectivity index (χ0v) is 17.7. The molecular formula is C21H38O2Si. The summed E-state index contributed by atoms with van der Waals surface area (Å²) in [5.41, 5.74) is 2.99. The molecule has 2 aliphatic carbocycles. The summed E-state index contributed by atoms with van der Waals surface area (Å²) < 4.78 is 6.85. The lowest BCUT2D eigenvalue weighted by Crippen LogP contribution is -2.48. The highest BCUT2D eigenvalue weighted by atomic mass is 28.4. The summed E-state index contributed by atoms with van der Waals surface area (Å²) in [6, 6.07) is 0. The molecule has 2 rings (SSSR count). The van der Waals surface area contributed by atoms with Crippen LogP contribution in [-0.4, -0.2) is 25.6 Å². The summed E-state index contributed by atoms with van der Waals surface area (Å²) >= 11 is 0. The first-order valence-corrected chi connectivity index (χ1v) is 12.6. The molecule has 0 spiro atoms. The second kappa shape index (κ2) is 7.09.